The van der Waals surface area contributed by atoms with Gasteiger partial charge in [0.2, 0.25) is 0 Å². The average molecular weight is 359 g/mol. The third kappa shape index (κ3) is 5.24. The van der Waals surface area contributed by atoms with Crippen LogP contribution >= 0.6 is 0 Å². The fourth-order valence-electron chi connectivity index (χ4n) is 3.42. The molecule has 3 nitrogen and oxygen atoms in total. The lowest BCUT2D eigenvalue weighted by atomic mass is 10.1. The van der Waals surface area contributed by atoms with E-state index >= 15 is 0 Å². The molecule has 0 aliphatic heterocycles. The predicted molar refractivity (Wildman–Crippen MR) is 110 cm³/mol. The quantitative estimate of drug-likeness (QED) is 0.630. The lowest BCUT2D eigenvalue weighted by molar-refractivity contribution is -0.140. The van der Waals surface area contributed by atoms with E-state index in [0.717, 1.165) is 35.2 Å². The zero-order valence-corrected chi connectivity index (χ0v) is 16.1. The second-order valence-electron chi connectivity index (χ2n) is 7.03. The number of hydrogen-bond acceptors (Lipinski definition) is 3. The zero-order valence-electron chi connectivity index (χ0n) is 16.1. The Morgan fingerprint density at radius 3 is 2.48 bits per heavy atom. The van der Waals surface area contributed by atoms with Crippen LogP contribution in [0.1, 0.15) is 36.5 Å². The molecule has 0 saturated carbocycles. The Labute approximate surface area is 161 Å². The van der Waals surface area contributed by atoms with Crippen LogP contribution in [-0.4, -0.2) is 18.6 Å². The van der Waals surface area contributed by atoms with Crippen molar-refractivity contribution in [1.29, 1.82) is 0 Å². The van der Waals surface area contributed by atoms with Crippen LogP contribution in [-0.2, 0) is 9.53 Å². The molecule has 0 spiro atoms. The van der Waals surface area contributed by atoms with Crippen molar-refractivity contribution >= 4 is 11.7 Å². The molecule has 1 unspecified atom stereocenters. The van der Waals surface area contributed by atoms with Crippen molar-refractivity contribution in [2.75, 3.05) is 11.9 Å². The number of hydrogen-bond donors (Lipinski definition) is 1. The van der Waals surface area contributed by atoms with Gasteiger partial charge in [-0.05, 0) is 67.7 Å². The van der Waals surface area contributed by atoms with Gasteiger partial charge in [0.1, 0.15) is 6.61 Å². The van der Waals surface area contributed by atoms with Crippen molar-refractivity contribution < 1.29 is 9.53 Å². The standard InChI is InChI=1S/C24H25NO2/c1-17-13-18(2)15-22(14-17)25-24-12-10-21(16-27-19(3)26)23(24)11-9-20-7-5-4-6-8-20/h4-8,13-15,24-25H,10,12,16H2,1-3H3. The molecule has 1 aliphatic carbocycles. The van der Waals surface area contributed by atoms with E-state index in [1.54, 1.807) is 0 Å². The third-order valence-electron chi connectivity index (χ3n) is 4.59. The molecule has 138 valence electrons. The minimum absolute atomic E-state index is 0.132. The van der Waals surface area contributed by atoms with Gasteiger partial charge in [-0.25, -0.2) is 0 Å². The monoisotopic (exact) mass is 359 g/mol. The van der Waals surface area contributed by atoms with Gasteiger partial charge >= 0.3 is 5.97 Å². The molecule has 0 fully saturated rings. The van der Waals surface area contributed by atoms with Gasteiger partial charge in [-0.2, -0.15) is 0 Å². The van der Waals surface area contributed by atoms with Crippen LogP contribution in [0.25, 0.3) is 0 Å². The van der Waals surface area contributed by atoms with E-state index in [-0.39, 0.29) is 12.0 Å². The first-order chi connectivity index (χ1) is 13.0. The van der Waals surface area contributed by atoms with E-state index in [1.165, 1.54) is 18.1 Å². The van der Waals surface area contributed by atoms with Crippen LogP contribution in [0.15, 0.2) is 59.7 Å². The summed E-state index contributed by atoms with van der Waals surface area (Å²) in [5, 5.41) is 3.63. The minimum Gasteiger partial charge on any atom is -0.461 e. The first-order valence-electron chi connectivity index (χ1n) is 9.28. The molecule has 0 heterocycles. The summed E-state index contributed by atoms with van der Waals surface area (Å²) in [6.45, 7) is 5.96. The Morgan fingerprint density at radius 2 is 1.81 bits per heavy atom. The van der Waals surface area contributed by atoms with Gasteiger partial charge in [-0.3, -0.25) is 4.79 Å². The van der Waals surface area contributed by atoms with E-state index in [9.17, 15) is 4.79 Å². The predicted octanol–water partition coefficient (Wildman–Crippen LogP) is 4.79. The Hall–Kier alpha value is -2.99. The normalized spacial score (nSPS) is 15.9. The molecule has 0 bridgehead atoms. The molecule has 3 rings (SSSR count). The number of carbonyl (C=O) groups is 1. The number of esters is 1. The molecule has 27 heavy (non-hydrogen) atoms. The highest BCUT2D eigenvalue weighted by atomic mass is 16.5. The van der Waals surface area contributed by atoms with Crippen molar-refractivity contribution in [2.24, 2.45) is 0 Å². The average Bonchev–Trinajstić information content (AvgIpc) is 2.99. The molecule has 0 saturated heterocycles. The summed E-state index contributed by atoms with van der Waals surface area (Å²) in [5.41, 5.74) is 6.70. The molecular formula is C24H25NO2. The molecule has 1 aliphatic rings. The topological polar surface area (TPSA) is 38.3 Å². The highest BCUT2D eigenvalue weighted by Gasteiger charge is 2.25. The SMILES string of the molecule is CC(=O)OCC1=C(C#Cc2ccccc2)C(Nc2cc(C)cc(C)c2)CC1. The Kier molecular flexibility index (Phi) is 5.98. The molecular weight excluding hydrogens is 334 g/mol. The maximum Gasteiger partial charge on any atom is 0.302 e. The highest BCUT2D eigenvalue weighted by Crippen LogP contribution is 2.30. The van der Waals surface area contributed by atoms with Crippen LogP contribution in [0.4, 0.5) is 5.69 Å². The van der Waals surface area contributed by atoms with Crippen molar-refractivity contribution in [2.45, 2.75) is 39.7 Å². The van der Waals surface area contributed by atoms with Gasteiger partial charge in [0.25, 0.3) is 0 Å². The first kappa shape index (κ1) is 18.8. The summed E-state index contributed by atoms with van der Waals surface area (Å²) >= 11 is 0. The van der Waals surface area contributed by atoms with Gasteiger partial charge in [0.15, 0.2) is 0 Å². The first-order valence-corrected chi connectivity index (χ1v) is 9.28. The van der Waals surface area contributed by atoms with Crippen LogP contribution in [0.5, 0.6) is 0 Å². The van der Waals surface area contributed by atoms with Crippen molar-refractivity contribution in [3.63, 3.8) is 0 Å². The second-order valence-corrected chi connectivity index (χ2v) is 7.03. The zero-order chi connectivity index (χ0) is 19.2. The molecule has 2 aromatic rings. The fourth-order valence-corrected chi connectivity index (χ4v) is 3.42. The lowest BCUT2D eigenvalue weighted by Crippen LogP contribution is -2.18. The number of anilines is 1. The minimum atomic E-state index is -0.261. The maximum atomic E-state index is 11.2. The molecule has 0 radical (unpaired) electrons. The summed E-state index contributed by atoms with van der Waals surface area (Å²) in [6.07, 6.45) is 1.83. The Morgan fingerprint density at radius 1 is 1.11 bits per heavy atom. The number of benzene rings is 2. The summed E-state index contributed by atoms with van der Waals surface area (Å²) < 4.78 is 5.25. The smallest absolute Gasteiger partial charge is 0.302 e. The van der Waals surface area contributed by atoms with Crippen LogP contribution in [0.2, 0.25) is 0 Å². The van der Waals surface area contributed by atoms with Crippen LogP contribution in [0.3, 0.4) is 0 Å². The molecule has 0 aromatic heterocycles. The summed E-state index contributed by atoms with van der Waals surface area (Å²) in [6, 6.07) is 16.6. The number of rotatable bonds is 4. The van der Waals surface area contributed by atoms with E-state index in [0.29, 0.717) is 6.61 Å². The van der Waals surface area contributed by atoms with E-state index in [4.69, 9.17) is 4.74 Å². The number of aryl methyl sites for hydroxylation is 2. The van der Waals surface area contributed by atoms with E-state index in [1.807, 2.05) is 30.3 Å². The highest BCUT2D eigenvalue weighted by molar-refractivity contribution is 5.66. The van der Waals surface area contributed by atoms with Crippen molar-refractivity contribution in [3.8, 4) is 11.8 Å². The van der Waals surface area contributed by atoms with Crippen molar-refractivity contribution in [1.82, 2.24) is 0 Å². The summed E-state index contributed by atoms with van der Waals surface area (Å²) in [7, 11) is 0. The van der Waals surface area contributed by atoms with Crippen molar-refractivity contribution in [3.05, 3.63) is 76.4 Å². The molecule has 1 N–H and O–H groups in total. The van der Waals surface area contributed by atoms with Gasteiger partial charge in [0.05, 0.1) is 6.04 Å². The number of ether oxygens (including phenoxy) is 1. The molecule has 2 aromatic carbocycles. The maximum absolute atomic E-state index is 11.2. The fraction of sp³-hybridized carbons (Fsp3) is 0.292. The van der Waals surface area contributed by atoms with Gasteiger partial charge < -0.3 is 10.1 Å². The number of carbonyl (C=O) groups excluding carboxylic acids is 1. The van der Waals surface area contributed by atoms with Crippen LogP contribution < -0.4 is 5.32 Å². The van der Waals surface area contributed by atoms with E-state index < -0.39 is 0 Å². The van der Waals surface area contributed by atoms with Gasteiger partial charge in [-0.1, -0.05) is 36.1 Å². The Bertz CT molecular complexity index is 896. The van der Waals surface area contributed by atoms with Gasteiger partial charge in [-0.15, -0.1) is 0 Å². The summed E-state index contributed by atoms with van der Waals surface area (Å²) in [5.74, 6) is 6.34. The largest absolute Gasteiger partial charge is 0.461 e. The van der Waals surface area contributed by atoms with Gasteiger partial charge in [0, 0.05) is 23.7 Å². The second kappa shape index (κ2) is 8.60. The van der Waals surface area contributed by atoms with Crippen LogP contribution in [0, 0.1) is 25.7 Å². The number of nitrogens with one attached hydrogen (secondary N) is 1. The summed E-state index contributed by atoms with van der Waals surface area (Å²) in [4.78, 5) is 11.2. The third-order valence-corrected chi connectivity index (χ3v) is 4.59. The Balaban J connectivity index is 1.87. The molecule has 3 heteroatoms. The lowest BCUT2D eigenvalue weighted by Gasteiger charge is -2.16. The molecule has 0 amide bonds. The van der Waals surface area contributed by atoms with E-state index in [2.05, 4.69) is 49.2 Å². The molecule has 1 atom stereocenters.